The third-order valence-electron chi connectivity index (χ3n) is 13.0. The summed E-state index contributed by atoms with van der Waals surface area (Å²) in [5.41, 5.74) is 0. The van der Waals surface area contributed by atoms with Crippen molar-refractivity contribution in [2.45, 2.75) is 309 Å². The summed E-state index contributed by atoms with van der Waals surface area (Å²) >= 11 is 0. The van der Waals surface area contributed by atoms with Crippen molar-refractivity contribution in [2.75, 3.05) is 13.2 Å². The molecule has 0 aromatic carbocycles. The fourth-order valence-corrected chi connectivity index (χ4v) is 8.59. The Hall–Kier alpha value is -2.89. The lowest BCUT2D eigenvalue weighted by molar-refractivity contribution is -0.167. The minimum Gasteiger partial charge on any atom is -0.462 e. The Bertz CT molecular complexity index is 1250. The minimum absolute atomic E-state index is 0.0682. The van der Waals surface area contributed by atoms with Crippen LogP contribution in [0.5, 0.6) is 0 Å². The molecule has 0 amide bonds. The molecule has 0 aromatic heterocycles. The smallest absolute Gasteiger partial charge is 0.306 e. The molecule has 69 heavy (non-hydrogen) atoms. The van der Waals surface area contributed by atoms with E-state index in [1.807, 2.05) is 0 Å². The van der Waals surface area contributed by atoms with Crippen molar-refractivity contribution in [3.8, 4) is 0 Å². The molecular formula is C63H112O6. The highest BCUT2D eigenvalue weighted by Gasteiger charge is 2.19. The number of rotatable bonds is 54. The fraction of sp³-hybridized carbons (Fsp3) is 0.794. The molecule has 0 saturated heterocycles. The van der Waals surface area contributed by atoms with Crippen LogP contribution in [0.15, 0.2) is 60.8 Å². The van der Waals surface area contributed by atoms with E-state index < -0.39 is 6.10 Å². The van der Waals surface area contributed by atoms with Crippen molar-refractivity contribution in [3.63, 3.8) is 0 Å². The number of ether oxygens (including phenoxy) is 3. The van der Waals surface area contributed by atoms with E-state index in [0.717, 1.165) is 89.9 Å². The van der Waals surface area contributed by atoms with Gasteiger partial charge in [0.25, 0.3) is 0 Å². The van der Waals surface area contributed by atoms with Crippen LogP contribution in [0, 0.1) is 0 Å². The van der Waals surface area contributed by atoms with Crippen LogP contribution in [-0.2, 0) is 28.6 Å². The standard InChI is InChI=1S/C63H112O6/c1-4-7-10-13-16-19-21-22-23-24-25-26-27-28-29-30-31-32-33-34-35-36-37-38-39-40-41-42-43-45-47-50-53-56-62(65)68-59-60(58-67-61(64)55-52-49-46-18-15-12-9-6-3)69-63(66)57-54-51-48-44-20-17-14-11-8-5-2/h7,10,16,19,22-23,25-26,28-29,60H,4-6,8-9,11-15,17-18,20-21,24,27,30-59H2,1-3H3/b10-7-,19-16-,23-22-,26-25-,29-28-. The first kappa shape index (κ1) is 66.1. The number of hydrogen-bond donors (Lipinski definition) is 0. The third kappa shape index (κ3) is 55.9. The molecule has 0 aliphatic heterocycles. The lowest BCUT2D eigenvalue weighted by Gasteiger charge is -2.18. The Morgan fingerprint density at radius 3 is 0.884 bits per heavy atom. The van der Waals surface area contributed by atoms with E-state index in [-0.39, 0.29) is 31.1 Å². The Labute approximate surface area is 428 Å². The van der Waals surface area contributed by atoms with Crippen LogP contribution in [0.1, 0.15) is 303 Å². The van der Waals surface area contributed by atoms with Crippen LogP contribution in [0.25, 0.3) is 0 Å². The first-order chi connectivity index (χ1) is 34.0. The lowest BCUT2D eigenvalue weighted by atomic mass is 10.0. The predicted molar refractivity (Wildman–Crippen MR) is 298 cm³/mol. The van der Waals surface area contributed by atoms with Crippen LogP contribution < -0.4 is 0 Å². The number of esters is 3. The predicted octanol–water partition coefficient (Wildman–Crippen LogP) is 20.0. The highest BCUT2D eigenvalue weighted by atomic mass is 16.6. The average Bonchev–Trinajstić information content (AvgIpc) is 3.35. The zero-order valence-electron chi connectivity index (χ0n) is 45.8. The number of unbranched alkanes of at least 4 members (excludes halogenated alkanes) is 33. The molecule has 1 unspecified atom stereocenters. The summed E-state index contributed by atoms with van der Waals surface area (Å²) < 4.78 is 16.8. The van der Waals surface area contributed by atoms with Gasteiger partial charge in [-0.15, -0.1) is 0 Å². The number of carbonyl (C=O) groups excluding carboxylic acids is 3. The van der Waals surface area contributed by atoms with Crippen LogP contribution in [-0.4, -0.2) is 37.2 Å². The summed E-state index contributed by atoms with van der Waals surface area (Å²) in [7, 11) is 0. The number of carbonyl (C=O) groups is 3. The first-order valence-corrected chi connectivity index (χ1v) is 29.8. The van der Waals surface area contributed by atoms with Crippen molar-refractivity contribution >= 4 is 17.9 Å². The van der Waals surface area contributed by atoms with Crippen LogP contribution in [0.4, 0.5) is 0 Å². The van der Waals surface area contributed by atoms with Crippen LogP contribution >= 0.6 is 0 Å². The summed E-state index contributed by atoms with van der Waals surface area (Å²) in [5, 5.41) is 0. The third-order valence-corrected chi connectivity index (χ3v) is 13.0. The topological polar surface area (TPSA) is 78.9 Å². The van der Waals surface area contributed by atoms with Crippen molar-refractivity contribution in [3.05, 3.63) is 60.8 Å². The zero-order valence-corrected chi connectivity index (χ0v) is 45.8. The lowest BCUT2D eigenvalue weighted by Crippen LogP contribution is -2.30. The van der Waals surface area contributed by atoms with E-state index in [1.54, 1.807) is 0 Å². The molecule has 6 heteroatoms. The molecule has 0 rings (SSSR count). The molecule has 400 valence electrons. The second-order valence-corrected chi connectivity index (χ2v) is 19.9. The summed E-state index contributed by atoms with van der Waals surface area (Å²) in [4.78, 5) is 37.9. The van der Waals surface area contributed by atoms with E-state index >= 15 is 0 Å². The molecule has 0 radical (unpaired) electrons. The quantitative estimate of drug-likeness (QED) is 0.0262. The molecule has 0 bridgehead atoms. The maximum absolute atomic E-state index is 12.7. The summed E-state index contributed by atoms with van der Waals surface area (Å²) in [6.45, 7) is 6.51. The second-order valence-electron chi connectivity index (χ2n) is 19.9. The molecule has 0 heterocycles. The highest BCUT2D eigenvalue weighted by Crippen LogP contribution is 2.17. The Balaban J connectivity index is 3.95. The van der Waals surface area contributed by atoms with Gasteiger partial charge in [0, 0.05) is 19.3 Å². The van der Waals surface area contributed by atoms with Gasteiger partial charge in [-0.1, -0.05) is 281 Å². The van der Waals surface area contributed by atoms with Gasteiger partial charge >= 0.3 is 17.9 Å². The monoisotopic (exact) mass is 965 g/mol. The molecular weight excluding hydrogens is 853 g/mol. The van der Waals surface area contributed by atoms with E-state index in [0.29, 0.717) is 19.3 Å². The number of hydrogen-bond acceptors (Lipinski definition) is 6. The van der Waals surface area contributed by atoms with Gasteiger partial charge in [0.1, 0.15) is 13.2 Å². The van der Waals surface area contributed by atoms with Gasteiger partial charge in [0.15, 0.2) is 6.10 Å². The molecule has 0 N–H and O–H groups in total. The van der Waals surface area contributed by atoms with Gasteiger partial charge in [-0.05, 0) is 64.2 Å². The van der Waals surface area contributed by atoms with Gasteiger partial charge in [-0.2, -0.15) is 0 Å². The second kappa shape index (κ2) is 57.7. The molecule has 0 fully saturated rings. The van der Waals surface area contributed by atoms with Crippen molar-refractivity contribution in [1.82, 2.24) is 0 Å². The van der Waals surface area contributed by atoms with Gasteiger partial charge in [-0.3, -0.25) is 14.4 Å². The Kier molecular flexibility index (Phi) is 55.3. The molecule has 1 atom stereocenters. The maximum Gasteiger partial charge on any atom is 0.306 e. The highest BCUT2D eigenvalue weighted by molar-refractivity contribution is 5.71. The van der Waals surface area contributed by atoms with Crippen molar-refractivity contribution in [1.29, 1.82) is 0 Å². The molecule has 0 aliphatic rings. The van der Waals surface area contributed by atoms with Crippen molar-refractivity contribution in [2.24, 2.45) is 0 Å². The molecule has 0 aliphatic carbocycles. The van der Waals surface area contributed by atoms with Gasteiger partial charge < -0.3 is 14.2 Å². The summed E-state index contributed by atoms with van der Waals surface area (Å²) in [6.07, 6.45) is 72.6. The van der Waals surface area contributed by atoms with Gasteiger partial charge in [0.2, 0.25) is 0 Å². The van der Waals surface area contributed by atoms with E-state index in [1.165, 1.54) is 173 Å². The van der Waals surface area contributed by atoms with Gasteiger partial charge in [-0.25, -0.2) is 0 Å². The summed E-state index contributed by atoms with van der Waals surface area (Å²) in [6, 6.07) is 0. The van der Waals surface area contributed by atoms with E-state index in [9.17, 15) is 14.4 Å². The minimum atomic E-state index is -0.765. The molecule has 0 aromatic rings. The Morgan fingerprint density at radius 1 is 0.304 bits per heavy atom. The normalized spacial score (nSPS) is 12.4. The molecule has 6 nitrogen and oxygen atoms in total. The molecule has 0 saturated carbocycles. The Morgan fingerprint density at radius 2 is 0.565 bits per heavy atom. The SMILES string of the molecule is CC/C=C\C/C=C\C/C=C\C/C=C\C/C=C\CCCCCCCCCCCCCCCCCCCC(=O)OCC(COC(=O)CCCCCCCCCC)OC(=O)CCCCCCCCCCCC. The average molecular weight is 966 g/mol. The van der Waals surface area contributed by atoms with Crippen molar-refractivity contribution < 1.29 is 28.6 Å². The number of allylic oxidation sites excluding steroid dienone is 10. The van der Waals surface area contributed by atoms with Crippen LogP contribution in [0.3, 0.4) is 0 Å². The molecule has 0 spiro atoms. The maximum atomic E-state index is 12.7. The summed E-state index contributed by atoms with van der Waals surface area (Å²) in [5.74, 6) is -0.862. The van der Waals surface area contributed by atoms with Gasteiger partial charge in [0.05, 0.1) is 0 Å². The first-order valence-electron chi connectivity index (χ1n) is 29.8. The van der Waals surface area contributed by atoms with Crippen LogP contribution in [0.2, 0.25) is 0 Å². The zero-order chi connectivity index (χ0) is 50.0. The van der Waals surface area contributed by atoms with E-state index in [2.05, 4.69) is 81.5 Å². The fourth-order valence-electron chi connectivity index (χ4n) is 8.59. The largest absolute Gasteiger partial charge is 0.462 e. The van der Waals surface area contributed by atoms with E-state index in [4.69, 9.17) is 14.2 Å².